The monoisotopic (exact) mass is 494 g/mol. The molecule has 0 fully saturated rings. The lowest BCUT2D eigenvalue weighted by atomic mass is 10.2. The van der Waals surface area contributed by atoms with Crippen LogP contribution in [0.15, 0.2) is 73.8 Å². The van der Waals surface area contributed by atoms with Crippen LogP contribution in [0.25, 0.3) is 26.3 Å². The van der Waals surface area contributed by atoms with Gasteiger partial charge in [0.1, 0.15) is 4.83 Å². The van der Waals surface area contributed by atoms with E-state index in [1.807, 2.05) is 53.2 Å². The average Bonchev–Trinajstić information content (AvgIpc) is 3.55. The SMILES string of the molecule is Cc1cc(NC(=O)C(C)Sc2nc3scc(-c4cccs4)c3c(=O)n2-c2ccccc2)on1. The third-order valence-electron chi connectivity index (χ3n) is 4.90. The van der Waals surface area contributed by atoms with Crippen LogP contribution >= 0.6 is 34.4 Å². The fraction of sp³-hybridized carbons (Fsp3) is 0.130. The van der Waals surface area contributed by atoms with Crippen molar-refractivity contribution < 1.29 is 9.32 Å². The van der Waals surface area contributed by atoms with Gasteiger partial charge >= 0.3 is 0 Å². The van der Waals surface area contributed by atoms with Crippen molar-refractivity contribution in [1.82, 2.24) is 14.7 Å². The molecule has 4 aromatic heterocycles. The Bertz CT molecular complexity index is 1490. The van der Waals surface area contributed by atoms with Crippen LogP contribution in [0, 0.1) is 6.92 Å². The number of carbonyl (C=O) groups excluding carboxylic acids is 1. The van der Waals surface area contributed by atoms with Crippen LogP contribution in [0.4, 0.5) is 5.88 Å². The molecule has 0 bridgehead atoms. The van der Waals surface area contributed by atoms with E-state index in [0.29, 0.717) is 26.8 Å². The molecule has 1 unspecified atom stereocenters. The first kappa shape index (κ1) is 21.6. The molecule has 10 heteroatoms. The number of rotatable bonds is 6. The second-order valence-electron chi connectivity index (χ2n) is 7.26. The molecule has 1 atom stereocenters. The van der Waals surface area contributed by atoms with E-state index < -0.39 is 5.25 Å². The quantitative estimate of drug-likeness (QED) is 0.244. The number of aromatic nitrogens is 3. The number of hydrogen-bond acceptors (Lipinski definition) is 8. The van der Waals surface area contributed by atoms with Crippen LogP contribution in [-0.4, -0.2) is 25.9 Å². The van der Waals surface area contributed by atoms with Gasteiger partial charge in [-0.05, 0) is 37.4 Å². The largest absolute Gasteiger partial charge is 0.338 e. The molecule has 33 heavy (non-hydrogen) atoms. The standard InChI is InChI=1S/C23H18N4O3S3/c1-13-11-18(30-26-13)24-20(28)14(2)33-23-25-21-19(16(12-32-21)17-9-6-10-31-17)22(29)27(23)15-7-4-3-5-8-15/h3-12,14H,1-2H3,(H,24,28). The average molecular weight is 495 g/mol. The van der Waals surface area contributed by atoms with Crippen molar-refractivity contribution >= 4 is 56.4 Å². The number of anilines is 1. The molecule has 1 aromatic carbocycles. The first-order valence-corrected chi connectivity index (χ1v) is 12.7. The normalized spacial score (nSPS) is 12.2. The van der Waals surface area contributed by atoms with E-state index in [0.717, 1.165) is 10.4 Å². The Morgan fingerprint density at radius 1 is 1.18 bits per heavy atom. The van der Waals surface area contributed by atoms with E-state index in [9.17, 15) is 9.59 Å². The fourth-order valence-corrected chi connectivity index (χ4v) is 6.06. The highest BCUT2D eigenvalue weighted by Gasteiger charge is 2.23. The molecule has 0 aliphatic carbocycles. The second kappa shape index (κ2) is 8.97. The summed E-state index contributed by atoms with van der Waals surface area (Å²) in [7, 11) is 0. The van der Waals surface area contributed by atoms with Gasteiger partial charge in [0.05, 0.1) is 22.0 Å². The molecule has 0 saturated carbocycles. The Labute approximate surface area is 201 Å². The van der Waals surface area contributed by atoms with Crippen molar-refractivity contribution in [1.29, 1.82) is 0 Å². The van der Waals surface area contributed by atoms with Gasteiger partial charge in [0.2, 0.25) is 11.8 Å². The molecule has 0 aliphatic heterocycles. The van der Waals surface area contributed by atoms with Crippen LogP contribution in [-0.2, 0) is 4.79 Å². The van der Waals surface area contributed by atoms with Crippen LogP contribution in [0.1, 0.15) is 12.6 Å². The predicted octanol–water partition coefficient (Wildman–Crippen LogP) is 5.59. The summed E-state index contributed by atoms with van der Waals surface area (Å²) in [5.41, 5.74) is 2.10. The van der Waals surface area contributed by atoms with Crippen LogP contribution in [0.5, 0.6) is 0 Å². The van der Waals surface area contributed by atoms with Gasteiger partial charge in [-0.25, -0.2) is 4.98 Å². The number of para-hydroxylation sites is 1. The van der Waals surface area contributed by atoms with E-state index in [2.05, 4.69) is 10.5 Å². The number of carbonyl (C=O) groups is 1. The number of thioether (sulfide) groups is 1. The van der Waals surface area contributed by atoms with Crippen LogP contribution < -0.4 is 10.9 Å². The van der Waals surface area contributed by atoms with Gasteiger partial charge in [0.25, 0.3) is 5.56 Å². The van der Waals surface area contributed by atoms with E-state index in [1.165, 1.54) is 23.1 Å². The molecule has 4 heterocycles. The number of amides is 1. The van der Waals surface area contributed by atoms with Crippen molar-refractivity contribution in [2.45, 2.75) is 24.3 Å². The Balaban J connectivity index is 1.58. The summed E-state index contributed by atoms with van der Waals surface area (Å²) in [5, 5.41) is 11.0. The molecule has 5 rings (SSSR count). The molecular weight excluding hydrogens is 476 g/mol. The lowest BCUT2D eigenvalue weighted by molar-refractivity contribution is -0.115. The van der Waals surface area contributed by atoms with Gasteiger partial charge in [0, 0.05) is 21.9 Å². The molecule has 0 radical (unpaired) electrons. The highest BCUT2D eigenvalue weighted by atomic mass is 32.2. The van der Waals surface area contributed by atoms with E-state index in [4.69, 9.17) is 9.51 Å². The molecule has 5 aromatic rings. The van der Waals surface area contributed by atoms with Crippen molar-refractivity contribution in [2.75, 3.05) is 5.32 Å². The Hall–Kier alpha value is -3.21. The zero-order valence-electron chi connectivity index (χ0n) is 17.6. The number of nitrogens with zero attached hydrogens (tertiary/aromatic N) is 3. The number of fused-ring (bicyclic) bond motifs is 1. The number of nitrogens with one attached hydrogen (secondary N) is 1. The zero-order valence-corrected chi connectivity index (χ0v) is 20.1. The molecule has 166 valence electrons. The lowest BCUT2D eigenvalue weighted by Gasteiger charge is -2.15. The van der Waals surface area contributed by atoms with E-state index in [1.54, 1.807) is 35.8 Å². The number of aryl methyl sites for hydroxylation is 1. The van der Waals surface area contributed by atoms with Crippen LogP contribution in [0.3, 0.4) is 0 Å². The number of thiophene rings is 2. The number of hydrogen-bond donors (Lipinski definition) is 1. The highest BCUT2D eigenvalue weighted by Crippen LogP contribution is 2.35. The molecule has 1 N–H and O–H groups in total. The summed E-state index contributed by atoms with van der Waals surface area (Å²) in [6.45, 7) is 3.54. The molecule has 0 saturated heterocycles. The Kier molecular flexibility index (Phi) is 5.88. The predicted molar refractivity (Wildman–Crippen MR) is 134 cm³/mol. The van der Waals surface area contributed by atoms with Gasteiger partial charge in [-0.1, -0.05) is 41.2 Å². The molecular formula is C23H18N4O3S3. The summed E-state index contributed by atoms with van der Waals surface area (Å²) >= 11 is 4.24. The van der Waals surface area contributed by atoms with Gasteiger partial charge in [-0.2, -0.15) is 0 Å². The molecule has 7 nitrogen and oxygen atoms in total. The first-order chi connectivity index (χ1) is 16.0. The maximum absolute atomic E-state index is 13.8. The minimum absolute atomic E-state index is 0.156. The van der Waals surface area contributed by atoms with Crippen molar-refractivity contribution in [2.24, 2.45) is 0 Å². The summed E-state index contributed by atoms with van der Waals surface area (Å²) in [6, 6.07) is 15.0. The topological polar surface area (TPSA) is 90.0 Å². The summed E-state index contributed by atoms with van der Waals surface area (Å²) in [6.07, 6.45) is 0. The Morgan fingerprint density at radius 3 is 2.70 bits per heavy atom. The summed E-state index contributed by atoms with van der Waals surface area (Å²) in [5.74, 6) is 0.0169. The Morgan fingerprint density at radius 2 is 2.00 bits per heavy atom. The van der Waals surface area contributed by atoms with Crippen molar-refractivity contribution in [3.63, 3.8) is 0 Å². The third-order valence-corrected chi connectivity index (χ3v) is 7.73. The van der Waals surface area contributed by atoms with Gasteiger partial charge < -0.3 is 4.52 Å². The van der Waals surface area contributed by atoms with Crippen molar-refractivity contribution in [3.05, 3.63) is 75.3 Å². The van der Waals surface area contributed by atoms with Crippen molar-refractivity contribution in [3.8, 4) is 16.1 Å². The smallest absolute Gasteiger partial charge is 0.268 e. The number of benzene rings is 1. The fourth-order valence-electron chi connectivity index (χ4n) is 3.33. The maximum Gasteiger partial charge on any atom is 0.268 e. The molecule has 0 spiro atoms. The third kappa shape index (κ3) is 4.24. The van der Waals surface area contributed by atoms with E-state index >= 15 is 0 Å². The maximum atomic E-state index is 13.8. The molecule has 0 aliphatic rings. The van der Waals surface area contributed by atoms with Gasteiger partial charge in [-0.15, -0.1) is 22.7 Å². The van der Waals surface area contributed by atoms with Gasteiger partial charge in [0.15, 0.2) is 5.16 Å². The minimum Gasteiger partial charge on any atom is -0.338 e. The summed E-state index contributed by atoms with van der Waals surface area (Å²) in [4.78, 5) is 33.0. The van der Waals surface area contributed by atoms with Gasteiger partial charge in [-0.3, -0.25) is 19.5 Å². The van der Waals surface area contributed by atoms with Crippen LogP contribution in [0.2, 0.25) is 0 Å². The highest BCUT2D eigenvalue weighted by molar-refractivity contribution is 8.00. The zero-order chi connectivity index (χ0) is 22.9. The lowest BCUT2D eigenvalue weighted by Crippen LogP contribution is -2.26. The minimum atomic E-state index is -0.536. The van der Waals surface area contributed by atoms with E-state index in [-0.39, 0.29) is 17.4 Å². The molecule has 1 amide bonds. The summed E-state index contributed by atoms with van der Waals surface area (Å²) < 4.78 is 6.67. The second-order valence-corrected chi connectivity index (χ2v) is 10.4. The first-order valence-electron chi connectivity index (χ1n) is 10.1.